The van der Waals surface area contributed by atoms with Gasteiger partial charge in [-0.2, -0.15) is 0 Å². The van der Waals surface area contributed by atoms with Gasteiger partial charge in [0.15, 0.2) is 18.1 Å². The number of halogens is 3. The molecule has 0 radical (unpaired) electrons. The summed E-state index contributed by atoms with van der Waals surface area (Å²) in [4.78, 5) is 53.4. The predicted octanol–water partition coefficient (Wildman–Crippen LogP) is 4.01. The lowest BCUT2D eigenvalue weighted by Gasteiger charge is -2.29. The maximum absolute atomic E-state index is 14.7. The van der Waals surface area contributed by atoms with Crippen LogP contribution in [-0.2, 0) is 14.4 Å². The molecule has 0 fully saturated rings. The molecule has 0 spiro atoms. The fraction of sp³-hybridized carbons (Fsp3) is 0.240. The van der Waals surface area contributed by atoms with Crippen molar-refractivity contribution >= 4 is 58.3 Å². The van der Waals surface area contributed by atoms with E-state index in [1.165, 1.54) is 23.1 Å². The molecule has 0 saturated carbocycles. The lowest BCUT2D eigenvalue weighted by molar-refractivity contribution is -0.121. The van der Waals surface area contributed by atoms with Gasteiger partial charge in [-0.3, -0.25) is 19.3 Å². The standard InChI is InChI=1S/C19H15FN2O4.C6H3Cl2NO2/c1-2-7-21-15-9-14(13(20)8-16(15)26-10-17(21)23)22-18(24)11-5-3-4-6-12(11)19(22)25;7-3-1-2-4(8)9-5(3)6(10)11/h1,8-9H,3-7,10H2;1-2H,(H,10,11). The van der Waals surface area contributed by atoms with Crippen molar-refractivity contribution in [3.8, 4) is 18.1 Å². The average Bonchev–Trinajstić information content (AvgIpc) is 3.12. The van der Waals surface area contributed by atoms with Gasteiger partial charge in [-0.15, -0.1) is 6.42 Å². The number of rotatable bonds is 3. The van der Waals surface area contributed by atoms with Gasteiger partial charge in [0.1, 0.15) is 10.9 Å². The van der Waals surface area contributed by atoms with Gasteiger partial charge in [0, 0.05) is 17.2 Å². The van der Waals surface area contributed by atoms with E-state index >= 15 is 0 Å². The Kier molecular flexibility index (Phi) is 7.47. The molecule has 0 bridgehead atoms. The minimum absolute atomic E-state index is 0.0170. The monoisotopic (exact) mass is 545 g/mol. The van der Waals surface area contributed by atoms with Crippen molar-refractivity contribution in [3.63, 3.8) is 0 Å². The van der Waals surface area contributed by atoms with Crippen molar-refractivity contribution in [1.82, 2.24) is 4.98 Å². The highest BCUT2D eigenvalue weighted by Crippen LogP contribution is 2.41. The summed E-state index contributed by atoms with van der Waals surface area (Å²) in [5, 5.41) is 8.69. The fourth-order valence-electron chi connectivity index (χ4n) is 4.17. The molecule has 2 aromatic rings. The molecule has 37 heavy (non-hydrogen) atoms. The lowest BCUT2D eigenvalue weighted by atomic mass is 9.93. The van der Waals surface area contributed by atoms with Crippen LogP contribution in [0.25, 0.3) is 0 Å². The second kappa shape index (κ2) is 10.6. The fourth-order valence-corrected chi connectivity index (χ4v) is 4.51. The zero-order valence-corrected chi connectivity index (χ0v) is 20.6. The van der Waals surface area contributed by atoms with Crippen LogP contribution in [0, 0.1) is 18.2 Å². The van der Waals surface area contributed by atoms with E-state index in [2.05, 4.69) is 10.9 Å². The Morgan fingerprint density at radius 3 is 2.32 bits per heavy atom. The van der Waals surface area contributed by atoms with Crippen LogP contribution >= 0.6 is 23.2 Å². The summed E-state index contributed by atoms with van der Waals surface area (Å²) in [6.07, 6.45) is 8.01. The number of aromatic carboxylic acids is 1. The van der Waals surface area contributed by atoms with Gasteiger partial charge in [0.05, 0.1) is 22.9 Å². The Morgan fingerprint density at radius 1 is 1.11 bits per heavy atom. The molecule has 190 valence electrons. The first-order valence-electron chi connectivity index (χ1n) is 11.0. The van der Waals surface area contributed by atoms with E-state index in [-0.39, 0.29) is 52.1 Å². The number of carbonyl (C=O) groups is 4. The van der Waals surface area contributed by atoms with Crippen LogP contribution in [0.4, 0.5) is 15.8 Å². The highest BCUT2D eigenvalue weighted by atomic mass is 35.5. The summed E-state index contributed by atoms with van der Waals surface area (Å²) >= 11 is 10.9. The van der Waals surface area contributed by atoms with Crippen LogP contribution in [0.15, 0.2) is 35.4 Å². The molecular formula is C25H18Cl2FN3O6. The van der Waals surface area contributed by atoms with Gasteiger partial charge >= 0.3 is 5.97 Å². The van der Waals surface area contributed by atoms with Gasteiger partial charge in [-0.25, -0.2) is 19.1 Å². The molecule has 0 saturated heterocycles. The number of hydrogen-bond acceptors (Lipinski definition) is 6. The van der Waals surface area contributed by atoms with E-state index in [4.69, 9.17) is 39.5 Å². The van der Waals surface area contributed by atoms with Gasteiger partial charge in [-0.1, -0.05) is 29.1 Å². The predicted molar refractivity (Wildman–Crippen MR) is 132 cm³/mol. The van der Waals surface area contributed by atoms with Gasteiger partial charge < -0.3 is 9.84 Å². The van der Waals surface area contributed by atoms with E-state index < -0.39 is 23.6 Å². The number of imide groups is 1. The molecule has 3 amide bonds. The van der Waals surface area contributed by atoms with Crippen molar-refractivity contribution in [3.05, 3.63) is 57.1 Å². The van der Waals surface area contributed by atoms with E-state index in [0.717, 1.165) is 23.8 Å². The smallest absolute Gasteiger partial charge is 0.356 e. The first-order chi connectivity index (χ1) is 17.6. The molecule has 12 heteroatoms. The largest absolute Gasteiger partial charge is 0.481 e. The average molecular weight is 546 g/mol. The van der Waals surface area contributed by atoms with Gasteiger partial charge in [-0.05, 0) is 43.9 Å². The number of carboxylic acids is 1. The van der Waals surface area contributed by atoms with Gasteiger partial charge in [0.25, 0.3) is 17.7 Å². The first-order valence-corrected chi connectivity index (χ1v) is 11.8. The van der Waals surface area contributed by atoms with Gasteiger partial charge in [0.2, 0.25) is 0 Å². The number of fused-ring (bicyclic) bond motifs is 1. The normalized spacial score (nSPS) is 16.4. The molecule has 0 unspecified atom stereocenters. The number of nitrogens with zero attached hydrogens (tertiary/aromatic N) is 3. The molecular weight excluding hydrogens is 528 g/mol. The molecule has 1 aromatic carbocycles. The minimum atomic E-state index is -1.18. The first kappa shape index (κ1) is 26.1. The number of benzene rings is 1. The van der Waals surface area contributed by atoms with Crippen molar-refractivity contribution in [2.45, 2.75) is 25.7 Å². The summed E-state index contributed by atoms with van der Waals surface area (Å²) in [5.41, 5.74) is 0.770. The number of amides is 3. The molecule has 3 heterocycles. The Balaban J connectivity index is 0.000000245. The number of ether oxygens (including phenoxy) is 1. The Bertz CT molecular complexity index is 1390. The number of carboxylic acid groups (broad SMARTS) is 1. The summed E-state index contributed by atoms with van der Waals surface area (Å²) in [6.45, 7) is -0.262. The summed E-state index contributed by atoms with van der Waals surface area (Å²) in [5.74, 6) is -0.777. The van der Waals surface area contributed by atoms with Crippen LogP contribution in [-0.4, -0.2) is 46.9 Å². The highest BCUT2D eigenvalue weighted by Gasteiger charge is 2.41. The summed E-state index contributed by atoms with van der Waals surface area (Å²) in [7, 11) is 0. The van der Waals surface area contributed by atoms with Crippen LogP contribution in [0.1, 0.15) is 36.2 Å². The third-order valence-corrected chi connectivity index (χ3v) is 6.38. The summed E-state index contributed by atoms with van der Waals surface area (Å²) in [6, 6.07) is 5.18. The highest BCUT2D eigenvalue weighted by molar-refractivity contribution is 6.34. The zero-order chi connectivity index (χ0) is 26.9. The number of carbonyl (C=O) groups excluding carboxylic acids is 3. The maximum atomic E-state index is 14.7. The number of hydrogen-bond donors (Lipinski definition) is 1. The lowest BCUT2D eigenvalue weighted by Crippen LogP contribution is -2.39. The van der Waals surface area contributed by atoms with Crippen LogP contribution in [0.5, 0.6) is 5.75 Å². The number of anilines is 2. The van der Waals surface area contributed by atoms with Crippen molar-refractivity contribution in [1.29, 1.82) is 0 Å². The molecule has 1 aliphatic carbocycles. The number of terminal acetylenes is 1. The zero-order valence-electron chi connectivity index (χ0n) is 19.1. The molecule has 0 atom stereocenters. The third-order valence-electron chi connectivity index (χ3n) is 5.87. The van der Waals surface area contributed by atoms with Crippen molar-refractivity contribution in [2.75, 3.05) is 23.0 Å². The minimum Gasteiger partial charge on any atom is -0.481 e. The maximum Gasteiger partial charge on any atom is 0.356 e. The Hall–Kier alpha value is -3.94. The van der Waals surface area contributed by atoms with Crippen molar-refractivity contribution in [2.24, 2.45) is 0 Å². The van der Waals surface area contributed by atoms with E-state index in [1.54, 1.807) is 0 Å². The molecule has 3 aliphatic rings. The number of aromatic nitrogens is 1. The van der Waals surface area contributed by atoms with Crippen molar-refractivity contribution < 1.29 is 33.4 Å². The van der Waals surface area contributed by atoms with E-state index in [9.17, 15) is 23.6 Å². The molecule has 1 aromatic heterocycles. The topological polar surface area (TPSA) is 117 Å². The Labute approximate surface area is 220 Å². The quantitative estimate of drug-likeness (QED) is 0.351. The Morgan fingerprint density at radius 2 is 1.76 bits per heavy atom. The number of pyridine rings is 1. The van der Waals surface area contributed by atoms with E-state index in [1.807, 2.05) is 0 Å². The second-order valence-corrected chi connectivity index (χ2v) is 8.92. The molecule has 2 aliphatic heterocycles. The molecule has 9 nitrogen and oxygen atoms in total. The SMILES string of the molecule is C#CCN1C(=O)COc2cc(F)c(N3C(=O)C4=C(CCCC4)C3=O)cc21.O=C(O)c1nc(Cl)ccc1Cl. The van der Waals surface area contributed by atoms with E-state index in [0.29, 0.717) is 24.0 Å². The third kappa shape index (κ3) is 5.01. The molecule has 5 rings (SSSR count). The van der Waals surface area contributed by atoms with Crippen LogP contribution in [0.2, 0.25) is 10.2 Å². The van der Waals surface area contributed by atoms with Crippen LogP contribution < -0.4 is 14.5 Å². The second-order valence-electron chi connectivity index (χ2n) is 8.12. The molecule has 1 N–H and O–H groups in total. The summed E-state index contributed by atoms with van der Waals surface area (Å²) < 4.78 is 19.9. The van der Waals surface area contributed by atoms with Crippen LogP contribution in [0.3, 0.4) is 0 Å².